The van der Waals surface area contributed by atoms with Crippen molar-refractivity contribution >= 4 is 12.0 Å². The third-order valence-electron chi connectivity index (χ3n) is 6.04. The zero-order valence-corrected chi connectivity index (χ0v) is 15.8. The van der Waals surface area contributed by atoms with Crippen LogP contribution in [-0.2, 0) is 4.79 Å². The number of likely N-dealkylation sites (tertiary alicyclic amines) is 1. The summed E-state index contributed by atoms with van der Waals surface area (Å²) < 4.78 is 5.34. The van der Waals surface area contributed by atoms with E-state index in [-0.39, 0.29) is 24.4 Å². The molecular formula is C20H24N4O4. The molecule has 0 radical (unpaired) electrons. The maximum atomic E-state index is 12.6. The zero-order chi connectivity index (χ0) is 19.7. The van der Waals surface area contributed by atoms with Gasteiger partial charge in [0.25, 0.3) is 0 Å². The number of hydrogen-bond donors (Lipinski definition) is 2. The van der Waals surface area contributed by atoms with Crippen LogP contribution in [0.2, 0.25) is 0 Å². The number of aliphatic carboxylic acids is 1. The molecule has 8 nitrogen and oxygen atoms in total. The Morgan fingerprint density at radius 3 is 2.89 bits per heavy atom. The van der Waals surface area contributed by atoms with Crippen molar-refractivity contribution in [2.45, 2.75) is 32.1 Å². The Bertz CT molecular complexity index is 868. The van der Waals surface area contributed by atoms with E-state index in [4.69, 9.17) is 4.52 Å². The van der Waals surface area contributed by atoms with Crippen molar-refractivity contribution in [1.82, 2.24) is 20.4 Å². The Morgan fingerprint density at radius 1 is 1.39 bits per heavy atom. The van der Waals surface area contributed by atoms with Crippen LogP contribution >= 0.6 is 0 Å². The molecule has 1 aliphatic heterocycles. The van der Waals surface area contributed by atoms with E-state index in [1.807, 2.05) is 37.3 Å². The number of urea groups is 1. The van der Waals surface area contributed by atoms with E-state index in [9.17, 15) is 14.7 Å². The third kappa shape index (κ3) is 3.23. The van der Waals surface area contributed by atoms with Crippen molar-refractivity contribution in [3.8, 4) is 11.4 Å². The molecule has 1 aromatic carbocycles. The van der Waals surface area contributed by atoms with Gasteiger partial charge in [-0.05, 0) is 18.8 Å². The van der Waals surface area contributed by atoms with Crippen LogP contribution in [0.5, 0.6) is 0 Å². The lowest BCUT2D eigenvalue weighted by Gasteiger charge is -2.23. The third-order valence-corrected chi connectivity index (χ3v) is 6.04. The van der Waals surface area contributed by atoms with Gasteiger partial charge in [0.1, 0.15) is 0 Å². The van der Waals surface area contributed by atoms with E-state index in [1.54, 1.807) is 4.90 Å². The summed E-state index contributed by atoms with van der Waals surface area (Å²) in [7, 11) is 0. The predicted octanol–water partition coefficient (Wildman–Crippen LogP) is 2.74. The first kappa shape index (κ1) is 18.5. The average Bonchev–Trinajstić information content (AvgIpc) is 3.40. The first-order valence-corrected chi connectivity index (χ1v) is 9.65. The van der Waals surface area contributed by atoms with Crippen LogP contribution in [0.25, 0.3) is 11.4 Å². The normalized spacial score (nSPS) is 24.8. The first-order chi connectivity index (χ1) is 13.5. The lowest BCUT2D eigenvalue weighted by molar-refractivity contribution is -0.149. The van der Waals surface area contributed by atoms with Gasteiger partial charge >= 0.3 is 12.0 Å². The second-order valence-electron chi connectivity index (χ2n) is 7.84. The molecule has 1 aromatic heterocycles. The van der Waals surface area contributed by atoms with Crippen LogP contribution in [0.15, 0.2) is 34.9 Å². The number of benzene rings is 1. The number of fused-ring (bicyclic) bond motifs is 1. The number of rotatable bonds is 5. The smallest absolute Gasteiger partial charge is 0.317 e. The van der Waals surface area contributed by atoms with E-state index in [0.29, 0.717) is 31.2 Å². The molecule has 2 fully saturated rings. The van der Waals surface area contributed by atoms with E-state index in [2.05, 4.69) is 15.5 Å². The van der Waals surface area contributed by atoms with Gasteiger partial charge in [0.05, 0.1) is 11.3 Å². The molecule has 2 aliphatic rings. The maximum absolute atomic E-state index is 12.6. The van der Waals surface area contributed by atoms with Crippen molar-refractivity contribution in [2.24, 2.45) is 11.3 Å². The Labute approximate surface area is 162 Å². The number of hydrogen-bond acceptors (Lipinski definition) is 5. The minimum atomic E-state index is -0.780. The molecule has 2 amide bonds. The highest BCUT2D eigenvalue weighted by Gasteiger charge is 2.55. The van der Waals surface area contributed by atoms with Gasteiger partial charge in [0.2, 0.25) is 11.7 Å². The minimum absolute atomic E-state index is 0.0533. The fraction of sp³-hybridized carbons (Fsp3) is 0.500. The zero-order valence-electron chi connectivity index (χ0n) is 15.8. The van der Waals surface area contributed by atoms with Gasteiger partial charge in [-0.15, -0.1) is 0 Å². The molecule has 2 heterocycles. The number of nitrogens with one attached hydrogen (secondary N) is 1. The van der Waals surface area contributed by atoms with Crippen molar-refractivity contribution in [3.05, 3.63) is 36.2 Å². The van der Waals surface area contributed by atoms with E-state index in [1.165, 1.54) is 0 Å². The number of carbonyl (C=O) groups excluding carboxylic acids is 1. The quantitative estimate of drug-likeness (QED) is 0.820. The van der Waals surface area contributed by atoms with E-state index >= 15 is 0 Å². The van der Waals surface area contributed by atoms with Gasteiger partial charge in [0, 0.05) is 25.2 Å². The Morgan fingerprint density at radius 2 is 2.18 bits per heavy atom. The SMILES string of the molecule is CC(CNC(=O)N1C[C@@H]2CCC[C@@]2(C(=O)O)C1)c1nc(-c2ccccc2)no1. The van der Waals surface area contributed by atoms with Crippen LogP contribution in [0.3, 0.4) is 0 Å². The van der Waals surface area contributed by atoms with Crippen LogP contribution in [-0.4, -0.2) is 51.8 Å². The molecule has 1 aliphatic carbocycles. The number of carboxylic acid groups (broad SMARTS) is 1. The van der Waals surface area contributed by atoms with Crippen molar-refractivity contribution in [3.63, 3.8) is 0 Å². The molecule has 0 bridgehead atoms. The maximum Gasteiger partial charge on any atom is 0.317 e. The van der Waals surface area contributed by atoms with Crippen LogP contribution in [0.4, 0.5) is 4.79 Å². The second-order valence-corrected chi connectivity index (χ2v) is 7.84. The van der Waals surface area contributed by atoms with Gasteiger partial charge in [-0.1, -0.05) is 48.8 Å². The molecule has 1 saturated heterocycles. The Hall–Kier alpha value is -2.90. The van der Waals surface area contributed by atoms with Gasteiger partial charge in [-0.3, -0.25) is 4.79 Å². The summed E-state index contributed by atoms with van der Waals surface area (Å²) in [5, 5.41) is 16.5. The monoisotopic (exact) mass is 384 g/mol. The molecule has 2 N–H and O–H groups in total. The lowest BCUT2D eigenvalue weighted by atomic mass is 9.81. The molecule has 0 spiro atoms. The average molecular weight is 384 g/mol. The summed E-state index contributed by atoms with van der Waals surface area (Å²) in [4.78, 5) is 30.4. The largest absolute Gasteiger partial charge is 0.481 e. The molecule has 148 valence electrons. The number of nitrogens with zero attached hydrogens (tertiary/aromatic N) is 3. The molecule has 3 atom stereocenters. The first-order valence-electron chi connectivity index (χ1n) is 9.65. The topological polar surface area (TPSA) is 109 Å². The molecule has 1 unspecified atom stereocenters. The predicted molar refractivity (Wildman–Crippen MR) is 101 cm³/mol. The summed E-state index contributed by atoms with van der Waals surface area (Å²) >= 11 is 0. The Balaban J connectivity index is 1.34. The van der Waals surface area contributed by atoms with Crippen LogP contribution < -0.4 is 5.32 Å². The second kappa shape index (κ2) is 7.26. The highest BCUT2D eigenvalue weighted by molar-refractivity contribution is 5.80. The highest BCUT2D eigenvalue weighted by Crippen LogP contribution is 2.48. The van der Waals surface area contributed by atoms with Gasteiger partial charge in [-0.25, -0.2) is 4.79 Å². The summed E-state index contributed by atoms with van der Waals surface area (Å²) in [6.07, 6.45) is 2.44. The molecule has 1 saturated carbocycles. The molecule has 8 heteroatoms. The van der Waals surface area contributed by atoms with Crippen LogP contribution in [0.1, 0.15) is 38.0 Å². The summed E-state index contributed by atoms with van der Waals surface area (Å²) in [5.41, 5.74) is 0.108. The number of aromatic nitrogens is 2. The number of carboxylic acids is 1. The van der Waals surface area contributed by atoms with E-state index in [0.717, 1.165) is 18.4 Å². The minimum Gasteiger partial charge on any atom is -0.481 e. The van der Waals surface area contributed by atoms with Gasteiger partial charge in [-0.2, -0.15) is 4.98 Å². The van der Waals surface area contributed by atoms with Crippen molar-refractivity contribution < 1.29 is 19.2 Å². The molecule has 2 aromatic rings. The fourth-order valence-corrected chi connectivity index (χ4v) is 4.37. The summed E-state index contributed by atoms with van der Waals surface area (Å²) in [6.45, 7) is 3.04. The fourth-order valence-electron chi connectivity index (χ4n) is 4.37. The molecule has 4 rings (SSSR count). The van der Waals surface area contributed by atoms with Crippen molar-refractivity contribution in [2.75, 3.05) is 19.6 Å². The van der Waals surface area contributed by atoms with Gasteiger partial charge in [0.15, 0.2) is 0 Å². The van der Waals surface area contributed by atoms with Crippen LogP contribution in [0, 0.1) is 11.3 Å². The Kier molecular flexibility index (Phi) is 4.78. The van der Waals surface area contributed by atoms with Gasteiger partial charge < -0.3 is 19.8 Å². The number of carbonyl (C=O) groups is 2. The number of amides is 2. The highest BCUT2D eigenvalue weighted by atomic mass is 16.5. The van der Waals surface area contributed by atoms with Crippen molar-refractivity contribution in [1.29, 1.82) is 0 Å². The summed E-state index contributed by atoms with van der Waals surface area (Å²) in [5.74, 6) is 0.101. The van der Waals surface area contributed by atoms with E-state index < -0.39 is 11.4 Å². The standard InChI is InChI=1S/C20H24N4O4/c1-13(17-22-16(23-28-17)14-6-3-2-4-7-14)10-21-19(27)24-11-15-8-5-9-20(15,12-24)18(25)26/h2-4,6-7,13,15H,5,8-12H2,1H3,(H,21,27)(H,25,26)/t13?,15-,20+/m0/s1. The molecule has 28 heavy (non-hydrogen) atoms. The summed E-state index contributed by atoms with van der Waals surface area (Å²) in [6, 6.07) is 9.32. The molecular weight excluding hydrogens is 360 g/mol. The lowest BCUT2D eigenvalue weighted by Crippen LogP contribution is -2.42.